The number of amides is 1. The summed E-state index contributed by atoms with van der Waals surface area (Å²) in [5.41, 5.74) is 2.46. The number of fused-ring (bicyclic) bond motifs is 1. The van der Waals surface area contributed by atoms with E-state index in [1.807, 2.05) is 17.0 Å². The molecule has 0 spiro atoms. The average Bonchev–Trinajstić information content (AvgIpc) is 2.97. The predicted molar refractivity (Wildman–Crippen MR) is 58.7 cm³/mol. The summed E-state index contributed by atoms with van der Waals surface area (Å²) in [5.74, 6) is 0. The van der Waals surface area contributed by atoms with Gasteiger partial charge in [-0.25, -0.2) is 9.78 Å². The van der Waals surface area contributed by atoms with Gasteiger partial charge in [0, 0.05) is 25.5 Å². The van der Waals surface area contributed by atoms with Gasteiger partial charge in [0.2, 0.25) is 0 Å². The number of hydrogen-bond acceptors (Lipinski definition) is 2. The van der Waals surface area contributed by atoms with E-state index in [-0.39, 0.29) is 6.03 Å². The molecule has 16 heavy (non-hydrogen) atoms. The van der Waals surface area contributed by atoms with Gasteiger partial charge < -0.3 is 4.90 Å². The van der Waals surface area contributed by atoms with Crippen LogP contribution in [0.25, 0.3) is 0 Å². The van der Waals surface area contributed by atoms with E-state index in [9.17, 15) is 4.79 Å². The summed E-state index contributed by atoms with van der Waals surface area (Å²) in [6.07, 6.45) is 4.82. The van der Waals surface area contributed by atoms with E-state index in [1.165, 1.54) is 22.0 Å². The third-order valence-corrected chi connectivity index (χ3v) is 2.84. The molecule has 0 fully saturated rings. The summed E-state index contributed by atoms with van der Waals surface area (Å²) in [6, 6.07) is 8.12. The van der Waals surface area contributed by atoms with Crippen molar-refractivity contribution in [2.24, 2.45) is 0 Å². The second-order valence-electron chi connectivity index (χ2n) is 3.88. The quantitative estimate of drug-likeness (QED) is 0.670. The molecule has 0 atom stereocenters. The first-order valence-corrected chi connectivity index (χ1v) is 5.18. The molecule has 1 amide bonds. The van der Waals surface area contributed by atoms with E-state index in [1.54, 1.807) is 12.4 Å². The molecule has 4 nitrogen and oxygen atoms in total. The Morgan fingerprint density at radius 2 is 1.88 bits per heavy atom. The number of hydrogen-bond donors (Lipinski definition) is 0. The van der Waals surface area contributed by atoms with Crippen LogP contribution in [-0.4, -0.2) is 20.5 Å². The second kappa shape index (κ2) is 3.48. The van der Waals surface area contributed by atoms with Crippen LogP contribution in [0.5, 0.6) is 0 Å². The Balaban J connectivity index is 1.84. The van der Waals surface area contributed by atoms with Crippen LogP contribution in [0.3, 0.4) is 0 Å². The average molecular weight is 213 g/mol. The normalized spacial score (nSPS) is 13.9. The fraction of sp³-hybridized carbons (Fsp3) is 0.167. The van der Waals surface area contributed by atoms with Gasteiger partial charge in [-0.3, -0.25) is 4.57 Å². The summed E-state index contributed by atoms with van der Waals surface area (Å²) in [4.78, 5) is 17.7. The minimum absolute atomic E-state index is 0.0197. The molecule has 4 heteroatoms. The van der Waals surface area contributed by atoms with Crippen LogP contribution in [0.2, 0.25) is 0 Å². The summed E-state index contributed by atoms with van der Waals surface area (Å²) in [7, 11) is 0. The fourth-order valence-corrected chi connectivity index (χ4v) is 2.00. The molecule has 1 aliphatic rings. The molecule has 0 bridgehead atoms. The van der Waals surface area contributed by atoms with Crippen LogP contribution in [0.4, 0.5) is 4.79 Å². The molecule has 0 N–H and O–H groups in total. The first kappa shape index (κ1) is 9.15. The van der Waals surface area contributed by atoms with Crippen molar-refractivity contribution in [1.82, 2.24) is 14.5 Å². The van der Waals surface area contributed by atoms with E-state index >= 15 is 0 Å². The van der Waals surface area contributed by atoms with Gasteiger partial charge >= 0.3 is 6.03 Å². The van der Waals surface area contributed by atoms with Gasteiger partial charge in [0.15, 0.2) is 0 Å². The maximum absolute atomic E-state index is 12.0. The molecule has 0 saturated carbocycles. The maximum atomic E-state index is 12.0. The molecule has 1 aromatic carbocycles. The zero-order valence-electron chi connectivity index (χ0n) is 8.71. The highest BCUT2D eigenvalue weighted by atomic mass is 16.2. The van der Waals surface area contributed by atoms with E-state index in [0.717, 1.165) is 0 Å². The van der Waals surface area contributed by atoms with Crippen LogP contribution in [-0.2, 0) is 13.1 Å². The predicted octanol–water partition coefficient (Wildman–Crippen LogP) is 1.87. The number of aromatic nitrogens is 2. The molecular weight excluding hydrogens is 202 g/mol. The van der Waals surface area contributed by atoms with Gasteiger partial charge in [-0.15, -0.1) is 0 Å². The number of nitrogens with zero attached hydrogens (tertiary/aromatic N) is 3. The van der Waals surface area contributed by atoms with Crippen LogP contribution in [0.15, 0.2) is 43.0 Å². The van der Waals surface area contributed by atoms with Gasteiger partial charge in [0.05, 0.1) is 0 Å². The molecule has 0 aliphatic carbocycles. The Morgan fingerprint density at radius 3 is 2.44 bits per heavy atom. The summed E-state index contributed by atoms with van der Waals surface area (Å²) >= 11 is 0. The first-order valence-electron chi connectivity index (χ1n) is 5.18. The lowest BCUT2D eigenvalue weighted by Crippen LogP contribution is -2.29. The largest absolute Gasteiger partial charge is 0.330 e. The van der Waals surface area contributed by atoms with Crippen molar-refractivity contribution in [3.63, 3.8) is 0 Å². The Kier molecular flexibility index (Phi) is 1.99. The molecule has 2 aromatic rings. The number of benzene rings is 1. The molecule has 1 aliphatic heterocycles. The summed E-state index contributed by atoms with van der Waals surface area (Å²) in [5, 5.41) is 0. The van der Waals surface area contributed by atoms with Crippen molar-refractivity contribution < 1.29 is 4.79 Å². The lowest BCUT2D eigenvalue weighted by molar-refractivity contribution is 0.200. The van der Waals surface area contributed by atoms with Crippen LogP contribution in [0.1, 0.15) is 11.1 Å². The van der Waals surface area contributed by atoms with Gasteiger partial charge in [0.1, 0.15) is 6.33 Å². The van der Waals surface area contributed by atoms with Crippen LogP contribution >= 0.6 is 0 Å². The Labute approximate surface area is 93.1 Å². The minimum atomic E-state index is -0.0197. The molecule has 3 rings (SSSR count). The van der Waals surface area contributed by atoms with E-state index in [4.69, 9.17) is 0 Å². The van der Waals surface area contributed by atoms with Crippen molar-refractivity contribution in [3.05, 3.63) is 54.1 Å². The highest BCUT2D eigenvalue weighted by Crippen LogP contribution is 2.22. The fourth-order valence-electron chi connectivity index (χ4n) is 2.00. The van der Waals surface area contributed by atoms with E-state index in [0.29, 0.717) is 13.1 Å². The number of rotatable bonds is 0. The smallest absolute Gasteiger partial charge is 0.315 e. The highest BCUT2D eigenvalue weighted by molar-refractivity contribution is 5.77. The highest BCUT2D eigenvalue weighted by Gasteiger charge is 2.23. The lowest BCUT2D eigenvalue weighted by Gasteiger charge is -2.14. The first-order chi connectivity index (χ1) is 7.84. The molecule has 0 radical (unpaired) electrons. The van der Waals surface area contributed by atoms with Gasteiger partial charge in [-0.2, -0.15) is 0 Å². The standard InChI is InChI=1S/C12H11N3O/c16-12(14-6-5-13-9-14)15-7-10-3-1-2-4-11(10)8-15/h1-6,9H,7-8H2. The minimum Gasteiger partial charge on any atom is -0.315 e. The zero-order chi connectivity index (χ0) is 11.0. The third kappa shape index (κ3) is 1.39. The van der Waals surface area contributed by atoms with Gasteiger partial charge in [0.25, 0.3) is 0 Å². The maximum Gasteiger partial charge on any atom is 0.330 e. The van der Waals surface area contributed by atoms with Crippen molar-refractivity contribution in [2.45, 2.75) is 13.1 Å². The Bertz CT molecular complexity index is 494. The van der Waals surface area contributed by atoms with E-state index in [2.05, 4.69) is 17.1 Å². The summed E-state index contributed by atoms with van der Waals surface area (Å²) < 4.78 is 1.51. The van der Waals surface area contributed by atoms with Gasteiger partial charge in [-0.1, -0.05) is 24.3 Å². The SMILES string of the molecule is O=C(N1Cc2ccccc2C1)n1ccnc1. The number of carbonyl (C=O) groups excluding carboxylic acids is 1. The van der Waals surface area contributed by atoms with Crippen molar-refractivity contribution in [1.29, 1.82) is 0 Å². The number of carbonyl (C=O) groups is 1. The third-order valence-electron chi connectivity index (χ3n) is 2.84. The molecule has 80 valence electrons. The Hall–Kier alpha value is -2.10. The van der Waals surface area contributed by atoms with Gasteiger partial charge in [-0.05, 0) is 11.1 Å². The Morgan fingerprint density at radius 1 is 1.19 bits per heavy atom. The van der Waals surface area contributed by atoms with Crippen LogP contribution in [0, 0.1) is 0 Å². The van der Waals surface area contributed by atoms with Crippen molar-refractivity contribution in [2.75, 3.05) is 0 Å². The number of imidazole rings is 1. The zero-order valence-corrected chi connectivity index (χ0v) is 8.71. The molecule has 0 saturated heterocycles. The second-order valence-corrected chi connectivity index (χ2v) is 3.88. The topological polar surface area (TPSA) is 38.1 Å². The van der Waals surface area contributed by atoms with Crippen molar-refractivity contribution >= 4 is 6.03 Å². The van der Waals surface area contributed by atoms with Crippen molar-refractivity contribution in [3.8, 4) is 0 Å². The molecule has 1 aromatic heterocycles. The molecule has 2 heterocycles. The lowest BCUT2D eigenvalue weighted by atomic mass is 10.1. The molecule has 0 unspecified atom stereocenters. The summed E-state index contributed by atoms with van der Waals surface area (Å²) in [6.45, 7) is 1.38. The van der Waals surface area contributed by atoms with Crippen LogP contribution < -0.4 is 0 Å². The van der Waals surface area contributed by atoms with E-state index < -0.39 is 0 Å². The monoisotopic (exact) mass is 213 g/mol. The molecular formula is C12H11N3O.